The van der Waals surface area contributed by atoms with Crippen LogP contribution in [0.3, 0.4) is 0 Å². The number of nitrogens with zero attached hydrogens (tertiary/aromatic N) is 1. The molecule has 1 unspecified atom stereocenters. The Labute approximate surface area is 102 Å². The van der Waals surface area contributed by atoms with Gasteiger partial charge in [0.25, 0.3) is 0 Å². The molecule has 0 saturated heterocycles. The quantitative estimate of drug-likeness (QED) is 0.803. The van der Waals surface area contributed by atoms with Crippen molar-refractivity contribution in [1.82, 2.24) is 4.98 Å². The molecule has 0 saturated carbocycles. The van der Waals surface area contributed by atoms with E-state index in [2.05, 4.69) is 4.98 Å². The van der Waals surface area contributed by atoms with E-state index >= 15 is 0 Å². The lowest BCUT2D eigenvalue weighted by Crippen LogP contribution is -2.15. The van der Waals surface area contributed by atoms with Gasteiger partial charge in [0.15, 0.2) is 0 Å². The van der Waals surface area contributed by atoms with Crippen molar-refractivity contribution in [2.24, 2.45) is 5.73 Å². The SMILES string of the molecule is CC(N)CCCOc1cccc2cccnc12. The molecule has 3 heteroatoms. The number of rotatable bonds is 5. The van der Waals surface area contributed by atoms with E-state index in [9.17, 15) is 0 Å². The van der Waals surface area contributed by atoms with Crippen LogP contribution in [0, 0.1) is 0 Å². The van der Waals surface area contributed by atoms with Gasteiger partial charge in [-0.1, -0.05) is 18.2 Å². The summed E-state index contributed by atoms with van der Waals surface area (Å²) < 4.78 is 5.75. The third-order valence-corrected chi connectivity index (χ3v) is 2.66. The molecule has 0 spiro atoms. The topological polar surface area (TPSA) is 48.1 Å². The molecule has 0 aliphatic heterocycles. The molecule has 0 radical (unpaired) electrons. The highest BCUT2D eigenvalue weighted by Crippen LogP contribution is 2.22. The first-order valence-corrected chi connectivity index (χ1v) is 5.99. The van der Waals surface area contributed by atoms with Crippen LogP contribution in [0.25, 0.3) is 10.9 Å². The Morgan fingerprint density at radius 1 is 1.29 bits per heavy atom. The molecule has 2 aromatic rings. The summed E-state index contributed by atoms with van der Waals surface area (Å²) in [6.07, 6.45) is 3.75. The van der Waals surface area contributed by atoms with Crippen molar-refractivity contribution in [2.45, 2.75) is 25.8 Å². The average molecular weight is 230 g/mol. The van der Waals surface area contributed by atoms with E-state index in [1.54, 1.807) is 6.20 Å². The fourth-order valence-electron chi connectivity index (χ4n) is 1.78. The molecule has 1 aromatic carbocycles. The van der Waals surface area contributed by atoms with Crippen molar-refractivity contribution in [1.29, 1.82) is 0 Å². The minimum atomic E-state index is 0.240. The smallest absolute Gasteiger partial charge is 0.145 e. The van der Waals surface area contributed by atoms with Crippen LogP contribution in [0.5, 0.6) is 5.75 Å². The summed E-state index contributed by atoms with van der Waals surface area (Å²) in [5, 5.41) is 1.11. The molecule has 0 amide bonds. The first kappa shape index (κ1) is 11.9. The van der Waals surface area contributed by atoms with E-state index in [4.69, 9.17) is 10.5 Å². The van der Waals surface area contributed by atoms with E-state index < -0.39 is 0 Å². The zero-order valence-corrected chi connectivity index (χ0v) is 10.1. The number of hydrogen-bond acceptors (Lipinski definition) is 3. The Bertz CT molecular complexity index is 477. The van der Waals surface area contributed by atoms with Gasteiger partial charge < -0.3 is 10.5 Å². The first-order valence-electron chi connectivity index (χ1n) is 5.99. The molecule has 1 heterocycles. The Morgan fingerprint density at radius 2 is 2.12 bits per heavy atom. The minimum absolute atomic E-state index is 0.240. The maximum atomic E-state index is 5.75. The van der Waals surface area contributed by atoms with Gasteiger partial charge in [0, 0.05) is 17.6 Å². The zero-order chi connectivity index (χ0) is 12.1. The number of pyridine rings is 1. The summed E-state index contributed by atoms with van der Waals surface area (Å²) in [4.78, 5) is 4.35. The predicted molar refractivity (Wildman–Crippen MR) is 70.1 cm³/mol. The first-order chi connectivity index (χ1) is 8.27. The second-order valence-corrected chi connectivity index (χ2v) is 4.30. The standard InChI is InChI=1S/C14H18N2O/c1-11(15)5-4-10-17-13-8-2-6-12-7-3-9-16-14(12)13/h2-3,6-9,11H,4-5,10,15H2,1H3. The highest BCUT2D eigenvalue weighted by atomic mass is 16.5. The van der Waals surface area contributed by atoms with E-state index in [1.165, 1.54) is 0 Å². The van der Waals surface area contributed by atoms with Crippen molar-refractivity contribution < 1.29 is 4.74 Å². The summed E-state index contributed by atoms with van der Waals surface area (Å²) in [6, 6.07) is 10.2. The maximum Gasteiger partial charge on any atom is 0.145 e. The lowest BCUT2D eigenvalue weighted by atomic mass is 10.2. The van der Waals surface area contributed by atoms with Gasteiger partial charge in [-0.2, -0.15) is 0 Å². The van der Waals surface area contributed by atoms with Gasteiger partial charge >= 0.3 is 0 Å². The fraction of sp³-hybridized carbons (Fsp3) is 0.357. The van der Waals surface area contributed by atoms with E-state index in [0.29, 0.717) is 6.61 Å². The molecule has 0 aliphatic rings. The molecule has 1 aromatic heterocycles. The number of aromatic nitrogens is 1. The molecule has 1 atom stereocenters. The molecule has 3 nitrogen and oxygen atoms in total. The summed E-state index contributed by atoms with van der Waals surface area (Å²) >= 11 is 0. The number of nitrogens with two attached hydrogens (primary N) is 1. The van der Waals surface area contributed by atoms with E-state index in [1.807, 2.05) is 37.3 Å². The molecule has 90 valence electrons. The van der Waals surface area contributed by atoms with Gasteiger partial charge in [-0.25, -0.2) is 0 Å². The van der Waals surface area contributed by atoms with Crippen molar-refractivity contribution in [3.63, 3.8) is 0 Å². The van der Waals surface area contributed by atoms with Crippen LogP contribution >= 0.6 is 0 Å². The number of fused-ring (bicyclic) bond motifs is 1. The largest absolute Gasteiger partial charge is 0.491 e. The van der Waals surface area contributed by atoms with Crippen LogP contribution in [0.1, 0.15) is 19.8 Å². The summed E-state index contributed by atoms with van der Waals surface area (Å²) in [5.74, 6) is 0.854. The second-order valence-electron chi connectivity index (χ2n) is 4.30. The summed E-state index contributed by atoms with van der Waals surface area (Å²) in [6.45, 7) is 2.71. The van der Waals surface area contributed by atoms with Gasteiger partial charge in [-0.3, -0.25) is 4.98 Å². The van der Waals surface area contributed by atoms with Crippen molar-refractivity contribution in [3.05, 3.63) is 36.5 Å². The van der Waals surface area contributed by atoms with Gasteiger partial charge in [0.1, 0.15) is 11.3 Å². The number of benzene rings is 1. The van der Waals surface area contributed by atoms with Crippen LogP contribution in [-0.2, 0) is 0 Å². The van der Waals surface area contributed by atoms with E-state index in [0.717, 1.165) is 29.5 Å². The van der Waals surface area contributed by atoms with Crippen molar-refractivity contribution in [2.75, 3.05) is 6.61 Å². The van der Waals surface area contributed by atoms with Crippen LogP contribution in [0.2, 0.25) is 0 Å². The van der Waals surface area contributed by atoms with Crippen LogP contribution in [-0.4, -0.2) is 17.6 Å². The molecule has 2 N–H and O–H groups in total. The normalized spacial score (nSPS) is 12.6. The van der Waals surface area contributed by atoms with Gasteiger partial charge in [-0.05, 0) is 31.9 Å². The maximum absolute atomic E-state index is 5.75. The molecule has 0 aliphatic carbocycles. The number of ether oxygens (including phenoxy) is 1. The third-order valence-electron chi connectivity index (χ3n) is 2.66. The molecule has 0 fully saturated rings. The van der Waals surface area contributed by atoms with E-state index in [-0.39, 0.29) is 6.04 Å². The van der Waals surface area contributed by atoms with Crippen LogP contribution in [0.4, 0.5) is 0 Å². The molecular weight excluding hydrogens is 212 g/mol. The number of hydrogen-bond donors (Lipinski definition) is 1. The molecule has 17 heavy (non-hydrogen) atoms. The van der Waals surface area contributed by atoms with Gasteiger partial charge in [0.05, 0.1) is 6.61 Å². The molecule has 2 rings (SSSR count). The summed E-state index contributed by atoms with van der Waals surface area (Å²) in [5.41, 5.74) is 6.62. The van der Waals surface area contributed by atoms with Crippen LogP contribution < -0.4 is 10.5 Å². The lowest BCUT2D eigenvalue weighted by Gasteiger charge is -2.09. The Balaban J connectivity index is 2.03. The lowest BCUT2D eigenvalue weighted by molar-refractivity contribution is 0.305. The fourth-order valence-corrected chi connectivity index (χ4v) is 1.78. The number of para-hydroxylation sites is 1. The second kappa shape index (κ2) is 5.64. The van der Waals surface area contributed by atoms with Crippen molar-refractivity contribution >= 4 is 10.9 Å². The highest BCUT2D eigenvalue weighted by molar-refractivity contribution is 5.84. The highest BCUT2D eigenvalue weighted by Gasteiger charge is 2.02. The Kier molecular flexibility index (Phi) is 3.94. The molecule has 0 bridgehead atoms. The Morgan fingerprint density at radius 3 is 2.94 bits per heavy atom. The van der Waals surface area contributed by atoms with Crippen molar-refractivity contribution in [3.8, 4) is 5.75 Å². The minimum Gasteiger partial charge on any atom is -0.491 e. The molecular formula is C14H18N2O. The monoisotopic (exact) mass is 230 g/mol. The third kappa shape index (κ3) is 3.17. The zero-order valence-electron chi connectivity index (χ0n) is 10.1. The summed E-state index contributed by atoms with van der Waals surface area (Å²) in [7, 11) is 0. The van der Waals surface area contributed by atoms with Gasteiger partial charge in [0.2, 0.25) is 0 Å². The average Bonchev–Trinajstić information content (AvgIpc) is 2.34. The van der Waals surface area contributed by atoms with Gasteiger partial charge in [-0.15, -0.1) is 0 Å². The van der Waals surface area contributed by atoms with Crippen LogP contribution in [0.15, 0.2) is 36.5 Å². The predicted octanol–water partition coefficient (Wildman–Crippen LogP) is 2.74. The Hall–Kier alpha value is -1.61.